The van der Waals surface area contributed by atoms with Crippen LogP contribution in [0.3, 0.4) is 0 Å². The van der Waals surface area contributed by atoms with E-state index in [1.165, 1.54) is 0 Å². The van der Waals surface area contributed by atoms with Gasteiger partial charge in [-0.05, 0) is 55.5 Å². The average Bonchev–Trinajstić information content (AvgIpc) is 3.32. The van der Waals surface area contributed by atoms with Gasteiger partial charge in [0.2, 0.25) is 0 Å². The van der Waals surface area contributed by atoms with Gasteiger partial charge in [-0.3, -0.25) is 14.6 Å². The van der Waals surface area contributed by atoms with E-state index < -0.39 is 5.97 Å². The molecule has 34 heavy (non-hydrogen) atoms. The minimum atomic E-state index is -0.858. The third-order valence-electron chi connectivity index (χ3n) is 5.27. The predicted molar refractivity (Wildman–Crippen MR) is 140 cm³/mol. The average molecular weight is 474 g/mol. The van der Waals surface area contributed by atoms with Crippen LogP contribution in [0.2, 0.25) is 0 Å². The molecular weight excluding hydrogens is 446 g/mol. The molecule has 0 radical (unpaired) electrons. The van der Waals surface area contributed by atoms with Crippen molar-refractivity contribution in [2.24, 2.45) is 9.98 Å². The molecule has 2 aromatic carbocycles. The van der Waals surface area contributed by atoms with Gasteiger partial charge in [0.15, 0.2) is 0 Å². The minimum absolute atomic E-state index is 0.0108. The van der Waals surface area contributed by atoms with Gasteiger partial charge in [-0.25, -0.2) is 4.99 Å². The Balaban J connectivity index is 1.73. The zero-order valence-electron chi connectivity index (χ0n) is 19.2. The third-order valence-corrected chi connectivity index (χ3v) is 6.39. The molecule has 0 aliphatic heterocycles. The Morgan fingerprint density at radius 1 is 1.09 bits per heavy atom. The number of allylic oxidation sites excluding steroid dienone is 1. The van der Waals surface area contributed by atoms with Crippen LogP contribution >= 0.6 is 11.3 Å². The third kappa shape index (κ3) is 6.59. The summed E-state index contributed by atoms with van der Waals surface area (Å²) in [6.45, 7) is 8.28. The molecule has 3 aromatic rings. The number of carbonyl (C=O) groups is 2. The van der Waals surface area contributed by atoms with Crippen LogP contribution < -0.4 is 5.32 Å². The fourth-order valence-electron chi connectivity index (χ4n) is 3.46. The number of anilines is 1. The van der Waals surface area contributed by atoms with Gasteiger partial charge in [0.25, 0.3) is 0 Å². The van der Waals surface area contributed by atoms with Crippen molar-refractivity contribution in [1.82, 2.24) is 0 Å². The van der Waals surface area contributed by atoms with E-state index in [2.05, 4.69) is 29.2 Å². The standard InChI is InChI=1S/C27H27N3O3S/c1-4-24(27(28-3)30-22-11-7-19(8-12-22)15-26(32)33)18(2)29-16-23-13-14-25(34-23)21-9-5-20(17-31)6-10-21/h5-14,17,30H,3-4,15-16H2,1-2H3,(H,32,33)/b27-24+,29-18?. The zero-order valence-corrected chi connectivity index (χ0v) is 20.1. The summed E-state index contributed by atoms with van der Waals surface area (Å²) in [7, 11) is 0. The van der Waals surface area contributed by atoms with Gasteiger partial charge in [0, 0.05) is 32.3 Å². The molecule has 0 spiro atoms. The molecule has 0 aliphatic carbocycles. The second-order valence-electron chi connectivity index (χ2n) is 7.64. The molecule has 0 aliphatic rings. The van der Waals surface area contributed by atoms with Crippen LogP contribution in [0.25, 0.3) is 10.4 Å². The molecule has 174 valence electrons. The molecule has 0 atom stereocenters. The zero-order chi connectivity index (χ0) is 24.5. The van der Waals surface area contributed by atoms with Gasteiger partial charge in [-0.2, -0.15) is 0 Å². The van der Waals surface area contributed by atoms with Gasteiger partial charge in [-0.15, -0.1) is 11.3 Å². The molecule has 7 heteroatoms. The molecule has 0 unspecified atom stereocenters. The van der Waals surface area contributed by atoms with Crippen molar-refractivity contribution >= 4 is 41.7 Å². The van der Waals surface area contributed by atoms with E-state index >= 15 is 0 Å². The first-order valence-electron chi connectivity index (χ1n) is 10.9. The first kappa shape index (κ1) is 24.8. The summed E-state index contributed by atoms with van der Waals surface area (Å²) in [5, 5.41) is 12.2. The quantitative estimate of drug-likeness (QED) is 0.254. The molecule has 2 N–H and O–H groups in total. The van der Waals surface area contributed by atoms with Crippen molar-refractivity contribution in [3.05, 3.63) is 88.1 Å². The van der Waals surface area contributed by atoms with Gasteiger partial charge in [-0.1, -0.05) is 43.3 Å². The van der Waals surface area contributed by atoms with E-state index in [9.17, 15) is 9.59 Å². The van der Waals surface area contributed by atoms with Gasteiger partial charge >= 0.3 is 5.97 Å². The molecule has 6 nitrogen and oxygen atoms in total. The van der Waals surface area contributed by atoms with Crippen LogP contribution in [-0.2, 0) is 17.8 Å². The monoisotopic (exact) mass is 473 g/mol. The Kier molecular flexibility index (Phi) is 8.65. The summed E-state index contributed by atoms with van der Waals surface area (Å²) < 4.78 is 0. The van der Waals surface area contributed by atoms with Crippen LogP contribution in [0.5, 0.6) is 0 Å². The lowest BCUT2D eigenvalue weighted by Gasteiger charge is -2.13. The molecule has 0 saturated carbocycles. The van der Waals surface area contributed by atoms with Crippen LogP contribution in [0, 0.1) is 0 Å². The predicted octanol–water partition coefficient (Wildman–Crippen LogP) is 6.25. The number of hydrogen-bond donors (Lipinski definition) is 2. The van der Waals surface area contributed by atoms with Crippen LogP contribution in [-0.4, -0.2) is 29.8 Å². The summed E-state index contributed by atoms with van der Waals surface area (Å²) in [6, 6.07) is 18.9. The molecule has 0 fully saturated rings. The summed E-state index contributed by atoms with van der Waals surface area (Å²) >= 11 is 1.68. The number of nitrogens with zero attached hydrogens (tertiary/aromatic N) is 2. The Morgan fingerprint density at radius 3 is 2.38 bits per heavy atom. The number of benzene rings is 2. The Morgan fingerprint density at radius 2 is 1.79 bits per heavy atom. The van der Waals surface area contributed by atoms with E-state index in [-0.39, 0.29) is 6.42 Å². The first-order valence-corrected chi connectivity index (χ1v) is 11.7. The lowest BCUT2D eigenvalue weighted by molar-refractivity contribution is -0.136. The van der Waals surface area contributed by atoms with Gasteiger partial charge in [0.05, 0.1) is 13.0 Å². The van der Waals surface area contributed by atoms with Crippen molar-refractivity contribution in [2.75, 3.05) is 5.32 Å². The van der Waals surface area contributed by atoms with E-state index in [1.807, 2.05) is 50.2 Å². The molecule has 0 saturated heterocycles. The normalized spacial score (nSPS) is 12.1. The summed E-state index contributed by atoms with van der Waals surface area (Å²) in [6.07, 6.45) is 1.56. The SMILES string of the molecule is C=N/C(Nc1ccc(CC(=O)O)cc1)=C(/CC)C(C)=NCc1ccc(-c2ccc(C=O)cc2)s1. The molecule has 0 amide bonds. The number of aliphatic imine (C=N–C) groups is 2. The lowest BCUT2D eigenvalue weighted by Crippen LogP contribution is -2.08. The summed E-state index contributed by atoms with van der Waals surface area (Å²) in [4.78, 5) is 33.0. The highest BCUT2D eigenvalue weighted by molar-refractivity contribution is 7.15. The molecule has 0 bridgehead atoms. The number of rotatable bonds is 11. The van der Waals surface area contributed by atoms with E-state index in [0.29, 0.717) is 17.9 Å². The maximum atomic E-state index is 10.9. The maximum absolute atomic E-state index is 10.9. The lowest BCUT2D eigenvalue weighted by atomic mass is 10.1. The summed E-state index contributed by atoms with van der Waals surface area (Å²) in [5.74, 6) is -0.223. The van der Waals surface area contributed by atoms with Crippen LogP contribution in [0.15, 0.2) is 82.0 Å². The number of aldehydes is 1. The molecular formula is C27H27N3O3S. The highest BCUT2D eigenvalue weighted by Gasteiger charge is 2.10. The summed E-state index contributed by atoms with van der Waals surface area (Å²) in [5.41, 5.74) is 5.12. The smallest absolute Gasteiger partial charge is 0.307 e. The van der Waals surface area contributed by atoms with Crippen LogP contribution in [0.4, 0.5) is 5.69 Å². The Labute approximate surface area is 203 Å². The van der Waals surface area contributed by atoms with Gasteiger partial charge in [0.1, 0.15) is 12.1 Å². The Bertz CT molecular complexity index is 1220. The van der Waals surface area contributed by atoms with Crippen molar-refractivity contribution in [2.45, 2.75) is 33.2 Å². The van der Waals surface area contributed by atoms with Crippen LogP contribution in [0.1, 0.15) is 41.1 Å². The van der Waals surface area contributed by atoms with E-state index in [4.69, 9.17) is 10.1 Å². The fraction of sp³-hybridized carbons (Fsp3) is 0.185. The second-order valence-corrected chi connectivity index (χ2v) is 8.81. The van der Waals surface area contributed by atoms with Gasteiger partial charge < -0.3 is 10.4 Å². The number of aliphatic carboxylic acids is 1. The number of carboxylic acids is 1. The molecule has 1 aromatic heterocycles. The van der Waals surface area contributed by atoms with E-state index in [1.54, 1.807) is 23.5 Å². The first-order chi connectivity index (χ1) is 16.4. The minimum Gasteiger partial charge on any atom is -0.481 e. The van der Waals surface area contributed by atoms with E-state index in [0.717, 1.165) is 50.6 Å². The van der Waals surface area contributed by atoms with Crippen molar-refractivity contribution in [3.8, 4) is 10.4 Å². The number of carbonyl (C=O) groups excluding carboxylic acids is 1. The highest BCUT2D eigenvalue weighted by atomic mass is 32.1. The topological polar surface area (TPSA) is 91.1 Å². The fourth-order valence-corrected chi connectivity index (χ4v) is 4.40. The Hall–Kier alpha value is -3.84. The molecule has 3 rings (SSSR count). The largest absolute Gasteiger partial charge is 0.481 e. The number of thiophene rings is 1. The number of carboxylic acid groups (broad SMARTS) is 1. The highest BCUT2D eigenvalue weighted by Crippen LogP contribution is 2.29. The molecule has 1 heterocycles. The number of nitrogens with one attached hydrogen (secondary N) is 1. The van der Waals surface area contributed by atoms with Crippen molar-refractivity contribution in [1.29, 1.82) is 0 Å². The van der Waals surface area contributed by atoms with Crippen molar-refractivity contribution in [3.63, 3.8) is 0 Å². The van der Waals surface area contributed by atoms with Crippen molar-refractivity contribution < 1.29 is 14.7 Å². The number of hydrogen-bond acceptors (Lipinski definition) is 6. The maximum Gasteiger partial charge on any atom is 0.307 e. The second kappa shape index (κ2) is 11.9.